The molecule has 0 aromatic carbocycles. The van der Waals surface area contributed by atoms with Crippen LogP contribution in [-0.2, 0) is 42.8 Å². The summed E-state index contributed by atoms with van der Waals surface area (Å²) in [6.45, 7) is 24.1. The quantitative estimate of drug-likeness (QED) is 0.100. The third-order valence-electron chi connectivity index (χ3n) is 21.2. The van der Waals surface area contributed by atoms with Crippen molar-refractivity contribution in [3.05, 3.63) is 23.8 Å². The maximum absolute atomic E-state index is 17.9. The van der Waals surface area contributed by atoms with Crippen molar-refractivity contribution in [2.45, 2.75) is 250 Å². The number of aliphatic hydroxyl groups is 6. The lowest BCUT2D eigenvalue weighted by molar-refractivity contribution is -0.318. The minimum absolute atomic E-state index is 0.0779. The number of hydrogen-bond acceptors (Lipinski definition) is 17. The lowest BCUT2D eigenvalue weighted by atomic mass is 9.45. The molecular weight excluding hydrogens is 1030 g/mol. The SMILES string of the molecule is CCC1OC(=O)[C@H](C)[C@@H](O[C@H]2C[C@@](C)(OC)[C@@H](O)[C@H](C)O2)[C@H](C)[C@@H](O[C@@H]2O[C@H](C)C[C@H](N(C)C)[C@H]2O)[C@](C)(O)C[C@@H](C)CN(CCCNC(=O)[C@H]2[C@H](C)C[C@H]3[C@@H]4CCC5=CC(=O)C=C[C@]5(C)[C@@]4(F)[C@@H](O)C[C@@]32C)[C@H](C)[C@@H](O)[C@]1(C)O. The van der Waals surface area contributed by atoms with Gasteiger partial charge in [0.1, 0.15) is 30.0 Å². The highest BCUT2D eigenvalue weighted by atomic mass is 19.1. The van der Waals surface area contributed by atoms with E-state index in [1.807, 2.05) is 51.6 Å². The number of cyclic esters (lactones) is 1. The highest BCUT2D eigenvalue weighted by Crippen LogP contribution is 2.69. The first kappa shape index (κ1) is 65.1. The molecule has 3 heterocycles. The van der Waals surface area contributed by atoms with E-state index in [0.717, 1.165) is 0 Å². The summed E-state index contributed by atoms with van der Waals surface area (Å²) in [5, 5.41) is 75.9. The molecule has 1 unspecified atom stereocenters. The number of methoxy groups -OCH3 is 1. The van der Waals surface area contributed by atoms with E-state index in [-0.39, 0.29) is 73.8 Å². The van der Waals surface area contributed by atoms with Crippen molar-refractivity contribution < 1.29 is 77.8 Å². The Morgan fingerprint density at radius 3 is 2.23 bits per heavy atom. The van der Waals surface area contributed by atoms with Crippen LogP contribution >= 0.6 is 0 Å². The number of nitrogens with zero attached hydrogens (tertiary/aromatic N) is 2. The van der Waals surface area contributed by atoms with Crippen LogP contribution in [0.25, 0.3) is 0 Å². The van der Waals surface area contributed by atoms with Crippen LogP contribution in [0.3, 0.4) is 0 Å². The number of alkyl halides is 1. The maximum atomic E-state index is 17.9. The average molecular weight is 1140 g/mol. The molecule has 0 aromatic heterocycles. The van der Waals surface area contributed by atoms with Crippen LogP contribution in [0.2, 0.25) is 0 Å². The maximum Gasteiger partial charge on any atom is 0.311 e. The number of ketones is 1. The zero-order chi connectivity index (χ0) is 59.6. The van der Waals surface area contributed by atoms with E-state index in [1.165, 1.54) is 26.2 Å². The normalized spacial score (nSPS) is 49.9. The largest absolute Gasteiger partial charge is 0.459 e. The van der Waals surface area contributed by atoms with Gasteiger partial charge in [-0.15, -0.1) is 0 Å². The molecule has 0 spiro atoms. The Morgan fingerprint density at radius 2 is 1.59 bits per heavy atom. The number of esters is 1. The molecule has 7 aliphatic rings. The molecule has 7 N–H and O–H groups in total. The Hall–Kier alpha value is -2.50. The van der Waals surface area contributed by atoms with Gasteiger partial charge in [0.25, 0.3) is 0 Å². The van der Waals surface area contributed by atoms with Gasteiger partial charge in [0.15, 0.2) is 24.0 Å². The van der Waals surface area contributed by atoms with E-state index in [2.05, 4.69) is 5.32 Å². The van der Waals surface area contributed by atoms with Crippen LogP contribution in [0.15, 0.2) is 23.8 Å². The van der Waals surface area contributed by atoms with Gasteiger partial charge in [-0.2, -0.15) is 0 Å². The molecule has 26 atom stereocenters. The summed E-state index contributed by atoms with van der Waals surface area (Å²) < 4.78 is 56.2. The van der Waals surface area contributed by atoms with E-state index in [4.69, 9.17) is 28.4 Å². The number of carbonyl (C=O) groups is 3. The number of halogens is 1. The Bertz CT molecular complexity index is 2250. The second-order valence-electron chi connectivity index (χ2n) is 27.4. The summed E-state index contributed by atoms with van der Waals surface area (Å²) in [5.41, 5.74) is -7.87. The first-order chi connectivity index (χ1) is 37.1. The topological polar surface area (TPSA) is 246 Å². The van der Waals surface area contributed by atoms with Gasteiger partial charge < -0.3 is 69.3 Å². The molecule has 80 heavy (non-hydrogen) atoms. The minimum atomic E-state index is -2.00. The highest BCUT2D eigenvalue weighted by molar-refractivity contribution is 6.01. The van der Waals surface area contributed by atoms with E-state index in [1.54, 1.807) is 61.5 Å². The van der Waals surface area contributed by atoms with Gasteiger partial charge in [-0.05, 0) is 156 Å². The molecule has 458 valence electrons. The fourth-order valence-electron chi connectivity index (χ4n) is 16.6. The molecule has 1 amide bonds. The minimum Gasteiger partial charge on any atom is -0.459 e. The van der Waals surface area contributed by atoms with Gasteiger partial charge in [0, 0.05) is 68.4 Å². The molecule has 0 aromatic rings. The number of allylic oxidation sites excluding steroid dienone is 4. The predicted molar refractivity (Wildman–Crippen MR) is 297 cm³/mol. The summed E-state index contributed by atoms with van der Waals surface area (Å²) in [6, 6.07) is -1.10. The van der Waals surface area contributed by atoms with Crippen LogP contribution in [0.1, 0.15) is 148 Å². The number of hydrogen-bond donors (Lipinski definition) is 7. The average Bonchev–Trinajstić information content (AvgIpc) is 3.64. The first-order valence-corrected chi connectivity index (χ1v) is 30.0. The standard InChI is InChI=1S/C61H102FN3O15/c1-17-45-60(13,74)50(69)37(7)65(24-18-23-63-53(71)47-33(3)25-42-41-20-19-39-27-40(66)21-22-57(39,10)61(41,62)44(67)29-56(42,47)9)31-32(2)28-58(11,73)52(80-55-48(68)43(64(14)15)26-34(4)76-55)35(5)49(36(6)54(72)78-45)79-46-30-59(12,75-16)51(70)38(8)77-46/h21-22,27,32-38,41-52,55,67-70,73-74H,17-20,23-26,28-31H2,1-16H3,(H,63,71)/t32-,33-,34-,35+,36-,37-,38+,41+,42+,43+,44+,45?,46+,47-,48-,49+,50-,51+,52-,55+,56+,57+,58-,59-,60-,61+/m1/s1. The number of fused-ring (bicyclic) bond motifs is 5. The number of carbonyl (C=O) groups excluding carboxylic acids is 3. The van der Waals surface area contributed by atoms with E-state index < -0.39 is 130 Å². The van der Waals surface area contributed by atoms with E-state index in [0.29, 0.717) is 50.8 Å². The number of likely N-dealkylation sites (N-methyl/N-ethyl adjacent to an activating group) is 1. The van der Waals surface area contributed by atoms with Crippen molar-refractivity contribution in [1.82, 2.24) is 15.1 Å². The smallest absolute Gasteiger partial charge is 0.311 e. The van der Waals surface area contributed by atoms with Crippen LogP contribution in [0.5, 0.6) is 0 Å². The Balaban J connectivity index is 1.15. The van der Waals surface area contributed by atoms with Gasteiger partial charge in [0.2, 0.25) is 5.91 Å². The number of nitrogens with one attached hydrogen (secondary N) is 1. The van der Waals surface area contributed by atoms with E-state index in [9.17, 15) is 45.0 Å². The van der Waals surface area contributed by atoms with Crippen LogP contribution in [-0.4, -0.2) is 201 Å². The second-order valence-corrected chi connectivity index (χ2v) is 27.4. The second kappa shape index (κ2) is 24.5. The number of amides is 1. The monoisotopic (exact) mass is 1140 g/mol. The first-order valence-electron chi connectivity index (χ1n) is 30.0. The predicted octanol–water partition coefficient (Wildman–Crippen LogP) is 5.01. The van der Waals surface area contributed by atoms with Gasteiger partial charge in [-0.3, -0.25) is 19.3 Å². The van der Waals surface area contributed by atoms with Crippen LogP contribution in [0.4, 0.5) is 4.39 Å². The van der Waals surface area contributed by atoms with Crippen molar-refractivity contribution in [2.75, 3.05) is 40.8 Å². The zero-order valence-electron chi connectivity index (χ0n) is 50.9. The van der Waals surface area contributed by atoms with Crippen LogP contribution < -0.4 is 5.32 Å². The molecule has 4 aliphatic carbocycles. The van der Waals surface area contributed by atoms with Crippen molar-refractivity contribution in [3.8, 4) is 0 Å². The fraction of sp³-hybridized carbons (Fsp3) is 0.885. The summed E-state index contributed by atoms with van der Waals surface area (Å²) in [7, 11) is 5.23. The van der Waals surface area contributed by atoms with Crippen LogP contribution in [0, 0.1) is 52.3 Å². The van der Waals surface area contributed by atoms with Gasteiger partial charge in [-0.1, -0.05) is 46.3 Å². The third-order valence-corrected chi connectivity index (χ3v) is 21.2. The summed E-state index contributed by atoms with van der Waals surface area (Å²) in [6.07, 6.45) is -4.10. The molecule has 0 radical (unpaired) electrons. The molecular formula is C61H102FN3O15. The number of rotatable bonds is 12. The fourth-order valence-corrected chi connectivity index (χ4v) is 16.6. The molecule has 7 rings (SSSR count). The van der Waals surface area contributed by atoms with Crippen molar-refractivity contribution in [1.29, 1.82) is 0 Å². The molecule has 3 saturated heterocycles. The number of ether oxygens (including phenoxy) is 6. The number of aliphatic hydroxyl groups excluding tert-OH is 4. The Morgan fingerprint density at radius 1 is 0.912 bits per heavy atom. The van der Waals surface area contributed by atoms with E-state index >= 15 is 4.39 Å². The summed E-state index contributed by atoms with van der Waals surface area (Å²) in [4.78, 5) is 45.6. The lowest BCUT2D eigenvalue weighted by Crippen LogP contribution is -2.67. The Kier molecular flexibility index (Phi) is 19.9. The van der Waals surface area contributed by atoms with Gasteiger partial charge >= 0.3 is 5.97 Å². The summed E-state index contributed by atoms with van der Waals surface area (Å²) in [5.74, 6) is -4.64. The summed E-state index contributed by atoms with van der Waals surface area (Å²) >= 11 is 0. The van der Waals surface area contributed by atoms with Crippen molar-refractivity contribution >= 4 is 17.7 Å². The third kappa shape index (κ3) is 12.0. The van der Waals surface area contributed by atoms with Gasteiger partial charge in [-0.25, -0.2) is 4.39 Å². The molecule has 3 aliphatic heterocycles. The van der Waals surface area contributed by atoms with Gasteiger partial charge in [0.05, 0.1) is 47.6 Å². The molecule has 6 fully saturated rings. The molecule has 0 bridgehead atoms. The molecule has 3 saturated carbocycles. The highest BCUT2D eigenvalue weighted by Gasteiger charge is 2.72. The molecule has 18 nitrogen and oxygen atoms in total. The van der Waals surface area contributed by atoms with Crippen molar-refractivity contribution in [2.24, 2.45) is 52.3 Å². The molecule has 19 heteroatoms. The van der Waals surface area contributed by atoms with Crippen molar-refractivity contribution in [3.63, 3.8) is 0 Å². The zero-order valence-corrected chi connectivity index (χ0v) is 50.9. The lowest BCUT2D eigenvalue weighted by Gasteiger charge is -2.61. The Labute approximate surface area is 475 Å².